The second-order valence-electron chi connectivity index (χ2n) is 7.48. The van der Waals surface area contributed by atoms with Crippen LogP contribution in [0.3, 0.4) is 0 Å². The predicted octanol–water partition coefficient (Wildman–Crippen LogP) is 1.82. The number of carbonyl (C=O) groups excluding carboxylic acids is 2. The van der Waals surface area contributed by atoms with E-state index in [1.54, 1.807) is 13.8 Å². The summed E-state index contributed by atoms with van der Waals surface area (Å²) in [6.45, 7) is 4.12. The molecule has 0 aromatic heterocycles. The highest BCUT2D eigenvalue weighted by Crippen LogP contribution is 2.32. The van der Waals surface area contributed by atoms with E-state index in [1.807, 2.05) is 30.3 Å². The van der Waals surface area contributed by atoms with Crippen molar-refractivity contribution in [1.29, 1.82) is 0 Å². The van der Waals surface area contributed by atoms with Crippen LogP contribution in [0.15, 0.2) is 30.3 Å². The van der Waals surface area contributed by atoms with Gasteiger partial charge >= 0.3 is 6.09 Å². The summed E-state index contributed by atoms with van der Waals surface area (Å²) in [4.78, 5) is 25.7. The van der Waals surface area contributed by atoms with Crippen molar-refractivity contribution in [2.75, 3.05) is 13.2 Å². The predicted molar refractivity (Wildman–Crippen MR) is 92.6 cm³/mol. The van der Waals surface area contributed by atoms with Gasteiger partial charge in [-0.2, -0.15) is 0 Å². The number of nitrogens with zero attached hydrogens (tertiary/aromatic N) is 1. The first-order valence-corrected chi connectivity index (χ1v) is 8.85. The molecule has 0 aliphatic carbocycles. The van der Waals surface area contributed by atoms with Crippen LogP contribution < -0.4 is 0 Å². The van der Waals surface area contributed by atoms with Crippen molar-refractivity contribution in [3.8, 4) is 0 Å². The first-order chi connectivity index (χ1) is 12.6. The molecular weight excluding hydrogens is 357 g/mol. The summed E-state index contributed by atoms with van der Waals surface area (Å²) in [5, 5.41) is 10.4. The Kier molecular flexibility index (Phi) is 5.24. The monoisotopic (exact) mass is 381 g/mol. The Morgan fingerprint density at radius 2 is 2.04 bits per heavy atom. The summed E-state index contributed by atoms with van der Waals surface area (Å²) in [7, 11) is 0. The molecule has 1 aromatic carbocycles. The van der Waals surface area contributed by atoms with Gasteiger partial charge < -0.3 is 19.3 Å². The Morgan fingerprint density at radius 3 is 2.63 bits per heavy atom. The number of aliphatic hydroxyl groups excluding tert-OH is 1. The minimum absolute atomic E-state index is 0.0261. The lowest BCUT2D eigenvalue weighted by atomic mass is 9.94. The maximum absolute atomic E-state index is 15.3. The van der Waals surface area contributed by atoms with Crippen LogP contribution in [0.2, 0.25) is 0 Å². The summed E-state index contributed by atoms with van der Waals surface area (Å²) < 4.78 is 31.1. The minimum Gasteiger partial charge on any atom is -0.447 e. The van der Waals surface area contributed by atoms with Crippen LogP contribution in [0, 0.1) is 0 Å². The molecular formula is C19H24FNO6. The average molecular weight is 381 g/mol. The summed E-state index contributed by atoms with van der Waals surface area (Å²) in [6, 6.07) is 8.57. The zero-order valence-corrected chi connectivity index (χ0v) is 15.6. The van der Waals surface area contributed by atoms with E-state index in [9.17, 15) is 14.7 Å². The third-order valence-corrected chi connectivity index (χ3v) is 4.85. The second kappa shape index (κ2) is 7.18. The highest BCUT2D eigenvalue weighted by molar-refractivity contribution is 5.98. The fourth-order valence-corrected chi connectivity index (χ4v) is 3.33. The van der Waals surface area contributed by atoms with Crippen LogP contribution in [-0.2, 0) is 25.4 Å². The van der Waals surface area contributed by atoms with Crippen molar-refractivity contribution >= 4 is 12.0 Å². The van der Waals surface area contributed by atoms with Gasteiger partial charge in [0.15, 0.2) is 5.79 Å². The van der Waals surface area contributed by atoms with Gasteiger partial charge in [0.1, 0.15) is 18.8 Å². The van der Waals surface area contributed by atoms with E-state index >= 15 is 4.39 Å². The minimum atomic E-state index is -2.74. The molecule has 2 aliphatic heterocycles. The molecule has 2 amide bonds. The maximum atomic E-state index is 15.3. The van der Waals surface area contributed by atoms with Crippen LogP contribution in [0.4, 0.5) is 9.18 Å². The van der Waals surface area contributed by atoms with E-state index in [1.165, 1.54) is 0 Å². The second-order valence-corrected chi connectivity index (χ2v) is 7.48. The smallest absolute Gasteiger partial charge is 0.417 e. The number of cyclic esters (lactones) is 1. The summed E-state index contributed by atoms with van der Waals surface area (Å²) in [5.74, 6) is -2.13. The van der Waals surface area contributed by atoms with Crippen LogP contribution in [0.25, 0.3) is 0 Å². The summed E-state index contributed by atoms with van der Waals surface area (Å²) in [5.41, 5.74) is -1.86. The SMILES string of the molecule is CC1(C)OC[C@H]([C@@H](O)C(C)(F)C(=O)N2C(=O)OC[C@@H]2Cc2ccccc2)O1. The van der Waals surface area contributed by atoms with Crippen LogP contribution in [-0.4, -0.2) is 64.9 Å². The average Bonchev–Trinajstić information content (AvgIpc) is 3.16. The first-order valence-electron chi connectivity index (χ1n) is 8.85. The Labute approximate surface area is 157 Å². The molecule has 2 saturated heterocycles. The molecule has 1 aromatic rings. The molecule has 2 aliphatic rings. The number of hydrogen-bond donors (Lipinski definition) is 1. The first kappa shape index (κ1) is 19.7. The quantitative estimate of drug-likeness (QED) is 0.837. The summed E-state index contributed by atoms with van der Waals surface area (Å²) in [6.07, 6.45) is -3.40. The number of hydrogen-bond acceptors (Lipinski definition) is 6. The molecule has 8 heteroatoms. The zero-order chi connectivity index (χ0) is 19.8. The number of rotatable bonds is 5. The molecule has 0 saturated carbocycles. The molecule has 3 rings (SSSR count). The van der Waals surface area contributed by atoms with Crippen molar-refractivity contribution in [2.45, 2.75) is 56.9 Å². The molecule has 2 fully saturated rings. The van der Waals surface area contributed by atoms with Gasteiger partial charge in [0.2, 0.25) is 5.67 Å². The Hall–Kier alpha value is -2.03. The highest BCUT2D eigenvalue weighted by atomic mass is 19.1. The van der Waals surface area contributed by atoms with E-state index in [-0.39, 0.29) is 13.2 Å². The van der Waals surface area contributed by atoms with Crippen molar-refractivity contribution in [1.82, 2.24) is 4.90 Å². The van der Waals surface area contributed by atoms with Gasteiger partial charge in [-0.3, -0.25) is 4.79 Å². The summed E-state index contributed by atoms with van der Waals surface area (Å²) >= 11 is 0. The van der Waals surface area contributed by atoms with Gasteiger partial charge in [0.05, 0.1) is 12.6 Å². The Balaban J connectivity index is 1.76. The number of imide groups is 1. The molecule has 7 nitrogen and oxygen atoms in total. The van der Waals surface area contributed by atoms with Crippen molar-refractivity contribution < 1.29 is 33.3 Å². The lowest BCUT2D eigenvalue weighted by Crippen LogP contribution is -2.57. The number of halogens is 1. The van der Waals surface area contributed by atoms with E-state index < -0.39 is 41.7 Å². The standard InChI is InChI=1S/C19H24FNO6/c1-18(2)26-11-14(27-18)15(22)19(3,20)16(23)21-13(10-25-17(21)24)9-12-7-5-4-6-8-12/h4-8,13-15,22H,9-11H2,1-3H3/t13-,14+,15+,19?/m0/s1. The van der Waals surface area contributed by atoms with Crippen LogP contribution >= 0.6 is 0 Å². The van der Waals surface area contributed by atoms with Gasteiger partial charge in [-0.15, -0.1) is 0 Å². The number of ether oxygens (including phenoxy) is 3. The Bertz CT molecular complexity index is 707. The zero-order valence-electron chi connectivity index (χ0n) is 15.6. The van der Waals surface area contributed by atoms with Crippen LogP contribution in [0.5, 0.6) is 0 Å². The molecule has 2 heterocycles. The van der Waals surface area contributed by atoms with Crippen molar-refractivity contribution in [3.63, 3.8) is 0 Å². The molecule has 0 bridgehead atoms. The fraction of sp³-hybridized carbons (Fsp3) is 0.579. The molecule has 0 spiro atoms. The molecule has 1 unspecified atom stereocenters. The van der Waals surface area contributed by atoms with Gasteiger partial charge in [0.25, 0.3) is 5.91 Å². The molecule has 27 heavy (non-hydrogen) atoms. The number of benzene rings is 1. The maximum Gasteiger partial charge on any atom is 0.417 e. The van der Waals surface area contributed by atoms with E-state index in [0.29, 0.717) is 6.42 Å². The lowest BCUT2D eigenvalue weighted by Gasteiger charge is -2.32. The largest absolute Gasteiger partial charge is 0.447 e. The van der Waals surface area contributed by atoms with Crippen LogP contribution in [0.1, 0.15) is 26.3 Å². The van der Waals surface area contributed by atoms with E-state index in [0.717, 1.165) is 17.4 Å². The van der Waals surface area contributed by atoms with Gasteiger partial charge in [0, 0.05) is 0 Å². The van der Waals surface area contributed by atoms with Crippen molar-refractivity contribution in [3.05, 3.63) is 35.9 Å². The fourth-order valence-electron chi connectivity index (χ4n) is 3.33. The van der Waals surface area contributed by atoms with E-state index in [2.05, 4.69) is 0 Å². The molecule has 0 radical (unpaired) electrons. The van der Waals surface area contributed by atoms with Crippen molar-refractivity contribution in [2.24, 2.45) is 0 Å². The van der Waals surface area contributed by atoms with Gasteiger partial charge in [-0.25, -0.2) is 14.1 Å². The number of aliphatic hydroxyl groups is 1. The normalized spacial score (nSPS) is 27.9. The van der Waals surface area contributed by atoms with Gasteiger partial charge in [-0.1, -0.05) is 30.3 Å². The number of carbonyl (C=O) groups is 2. The van der Waals surface area contributed by atoms with E-state index in [4.69, 9.17) is 14.2 Å². The molecule has 4 atom stereocenters. The van der Waals surface area contributed by atoms with Gasteiger partial charge in [-0.05, 0) is 32.8 Å². The molecule has 148 valence electrons. The highest BCUT2D eigenvalue weighted by Gasteiger charge is 2.54. The Morgan fingerprint density at radius 1 is 1.37 bits per heavy atom. The third-order valence-electron chi connectivity index (χ3n) is 4.85. The topological polar surface area (TPSA) is 85.3 Å². The number of alkyl halides is 1. The lowest BCUT2D eigenvalue weighted by molar-refractivity contribution is -0.174. The number of amides is 2. The molecule has 1 N–H and O–H groups in total. The third kappa shape index (κ3) is 3.97.